The summed E-state index contributed by atoms with van der Waals surface area (Å²) >= 11 is 3.31. The van der Waals surface area contributed by atoms with Gasteiger partial charge >= 0.3 is 0 Å². The molecule has 0 spiro atoms. The maximum absolute atomic E-state index is 12.5. The second-order valence-electron chi connectivity index (χ2n) is 4.46. The van der Waals surface area contributed by atoms with Gasteiger partial charge < -0.3 is 5.32 Å². The Labute approximate surface area is 117 Å². The molecule has 1 saturated heterocycles. The summed E-state index contributed by atoms with van der Waals surface area (Å²) in [5.74, 6) is 0. The van der Waals surface area contributed by atoms with E-state index in [1.165, 1.54) is 4.31 Å². The van der Waals surface area contributed by atoms with Crippen LogP contribution in [0.15, 0.2) is 33.6 Å². The first kappa shape index (κ1) is 14.0. The van der Waals surface area contributed by atoms with Gasteiger partial charge in [0, 0.05) is 17.6 Å². The van der Waals surface area contributed by atoms with Gasteiger partial charge in [0.25, 0.3) is 0 Å². The highest BCUT2D eigenvalue weighted by Crippen LogP contribution is 2.23. The molecule has 0 saturated carbocycles. The molecule has 18 heavy (non-hydrogen) atoms. The third-order valence-corrected chi connectivity index (χ3v) is 5.70. The summed E-state index contributed by atoms with van der Waals surface area (Å²) in [5, 5.41) is 3.24. The SMILES string of the molecule is CN(C1CCNCC1)S(=O)(=O)c1cccc(Br)c1. The molecule has 1 fully saturated rings. The zero-order valence-electron chi connectivity index (χ0n) is 10.3. The number of rotatable bonds is 3. The lowest BCUT2D eigenvalue weighted by Crippen LogP contribution is -2.43. The fourth-order valence-electron chi connectivity index (χ4n) is 2.16. The highest BCUT2D eigenvalue weighted by atomic mass is 79.9. The summed E-state index contributed by atoms with van der Waals surface area (Å²) < 4.78 is 27.2. The minimum Gasteiger partial charge on any atom is -0.317 e. The summed E-state index contributed by atoms with van der Waals surface area (Å²) in [6.45, 7) is 1.76. The van der Waals surface area contributed by atoms with Gasteiger partial charge in [-0.15, -0.1) is 0 Å². The van der Waals surface area contributed by atoms with Crippen LogP contribution < -0.4 is 5.32 Å². The van der Waals surface area contributed by atoms with E-state index in [9.17, 15) is 8.42 Å². The van der Waals surface area contributed by atoms with Crippen LogP contribution in [-0.4, -0.2) is 38.9 Å². The maximum Gasteiger partial charge on any atom is 0.243 e. The van der Waals surface area contributed by atoms with Crippen molar-refractivity contribution < 1.29 is 8.42 Å². The number of benzene rings is 1. The van der Waals surface area contributed by atoms with Crippen molar-refractivity contribution in [3.8, 4) is 0 Å². The minimum absolute atomic E-state index is 0.0928. The molecular formula is C12H17BrN2O2S. The molecule has 0 radical (unpaired) electrons. The van der Waals surface area contributed by atoms with Gasteiger partial charge in [0.05, 0.1) is 4.90 Å². The van der Waals surface area contributed by atoms with Gasteiger partial charge in [0.1, 0.15) is 0 Å². The number of hydrogen-bond acceptors (Lipinski definition) is 3. The number of sulfonamides is 1. The zero-order chi connectivity index (χ0) is 13.2. The largest absolute Gasteiger partial charge is 0.317 e. The van der Waals surface area contributed by atoms with E-state index >= 15 is 0 Å². The average Bonchev–Trinajstić information content (AvgIpc) is 2.39. The number of hydrogen-bond donors (Lipinski definition) is 1. The summed E-state index contributed by atoms with van der Waals surface area (Å²) in [6.07, 6.45) is 1.73. The van der Waals surface area contributed by atoms with Crippen molar-refractivity contribution in [3.63, 3.8) is 0 Å². The minimum atomic E-state index is -3.39. The Balaban J connectivity index is 2.24. The lowest BCUT2D eigenvalue weighted by atomic mass is 10.1. The molecule has 1 aromatic carbocycles. The lowest BCUT2D eigenvalue weighted by Gasteiger charge is -2.30. The Morgan fingerprint density at radius 1 is 1.33 bits per heavy atom. The summed E-state index contributed by atoms with van der Waals surface area (Å²) in [7, 11) is -1.71. The second kappa shape index (κ2) is 5.69. The monoisotopic (exact) mass is 332 g/mol. The summed E-state index contributed by atoms with van der Waals surface area (Å²) in [4.78, 5) is 0.345. The Morgan fingerprint density at radius 3 is 2.61 bits per heavy atom. The van der Waals surface area contributed by atoms with Crippen LogP contribution in [0.4, 0.5) is 0 Å². The van der Waals surface area contributed by atoms with Crippen LogP contribution in [0.25, 0.3) is 0 Å². The van der Waals surface area contributed by atoms with Crippen LogP contribution in [0, 0.1) is 0 Å². The van der Waals surface area contributed by atoms with E-state index in [0.29, 0.717) is 4.90 Å². The molecule has 0 aromatic heterocycles. The average molecular weight is 333 g/mol. The van der Waals surface area contributed by atoms with Gasteiger partial charge in [-0.3, -0.25) is 0 Å². The van der Waals surface area contributed by atoms with Crippen LogP contribution in [0.2, 0.25) is 0 Å². The highest BCUT2D eigenvalue weighted by Gasteiger charge is 2.28. The quantitative estimate of drug-likeness (QED) is 0.918. The predicted molar refractivity (Wildman–Crippen MR) is 75.0 cm³/mol. The molecule has 1 aromatic rings. The van der Waals surface area contributed by atoms with E-state index in [4.69, 9.17) is 0 Å². The molecule has 0 bridgehead atoms. The summed E-state index contributed by atoms with van der Waals surface area (Å²) in [5.41, 5.74) is 0. The molecule has 1 aliphatic heterocycles. The van der Waals surface area contributed by atoms with Crippen LogP contribution in [0.3, 0.4) is 0 Å². The molecule has 2 rings (SSSR count). The number of halogens is 1. The van der Waals surface area contributed by atoms with Crippen LogP contribution in [0.1, 0.15) is 12.8 Å². The van der Waals surface area contributed by atoms with Crippen molar-refractivity contribution in [3.05, 3.63) is 28.7 Å². The highest BCUT2D eigenvalue weighted by molar-refractivity contribution is 9.10. The van der Waals surface area contributed by atoms with E-state index in [0.717, 1.165) is 30.4 Å². The lowest BCUT2D eigenvalue weighted by molar-refractivity contribution is 0.296. The standard InChI is InChI=1S/C12H17BrN2O2S/c1-15(11-5-7-14-8-6-11)18(16,17)12-4-2-3-10(13)9-12/h2-4,9,11,14H,5-8H2,1H3. The fourth-order valence-corrected chi connectivity index (χ4v) is 4.17. The van der Waals surface area contributed by atoms with Crippen molar-refractivity contribution in [2.75, 3.05) is 20.1 Å². The molecule has 0 atom stereocenters. The Bertz CT molecular complexity index is 513. The first-order valence-corrected chi connectivity index (χ1v) is 8.19. The molecular weight excluding hydrogens is 316 g/mol. The predicted octanol–water partition coefficient (Wildman–Crippen LogP) is 1.82. The third kappa shape index (κ3) is 2.93. The van der Waals surface area contributed by atoms with Gasteiger partial charge in [0.2, 0.25) is 10.0 Å². The van der Waals surface area contributed by atoms with Gasteiger partial charge in [-0.25, -0.2) is 8.42 Å². The van der Waals surface area contributed by atoms with Gasteiger partial charge in [-0.1, -0.05) is 22.0 Å². The normalized spacial score (nSPS) is 18.2. The number of piperidine rings is 1. The number of nitrogens with zero attached hydrogens (tertiary/aromatic N) is 1. The Morgan fingerprint density at radius 2 is 2.00 bits per heavy atom. The molecule has 0 unspecified atom stereocenters. The van der Waals surface area contributed by atoms with E-state index in [-0.39, 0.29) is 6.04 Å². The van der Waals surface area contributed by atoms with Crippen molar-refractivity contribution in [1.82, 2.24) is 9.62 Å². The first-order valence-electron chi connectivity index (χ1n) is 5.96. The Hall–Kier alpha value is -0.430. The van der Waals surface area contributed by atoms with Crippen LogP contribution >= 0.6 is 15.9 Å². The zero-order valence-corrected chi connectivity index (χ0v) is 12.7. The van der Waals surface area contributed by atoms with Crippen LogP contribution in [-0.2, 0) is 10.0 Å². The second-order valence-corrected chi connectivity index (χ2v) is 7.37. The maximum atomic E-state index is 12.5. The van der Waals surface area contributed by atoms with Crippen molar-refractivity contribution in [2.24, 2.45) is 0 Å². The van der Waals surface area contributed by atoms with E-state index in [1.807, 2.05) is 6.07 Å². The molecule has 1 heterocycles. The summed E-state index contributed by atoms with van der Waals surface area (Å²) in [6, 6.07) is 6.94. The number of nitrogens with one attached hydrogen (secondary N) is 1. The van der Waals surface area contributed by atoms with Crippen LogP contribution in [0.5, 0.6) is 0 Å². The van der Waals surface area contributed by atoms with Crippen molar-refractivity contribution >= 4 is 26.0 Å². The van der Waals surface area contributed by atoms with E-state index in [1.54, 1.807) is 25.2 Å². The topological polar surface area (TPSA) is 49.4 Å². The smallest absolute Gasteiger partial charge is 0.243 e. The van der Waals surface area contributed by atoms with Gasteiger partial charge in [0.15, 0.2) is 0 Å². The molecule has 4 nitrogen and oxygen atoms in total. The molecule has 1 N–H and O–H groups in total. The fraction of sp³-hybridized carbons (Fsp3) is 0.500. The molecule has 1 aliphatic rings. The molecule has 100 valence electrons. The Kier molecular flexibility index (Phi) is 4.42. The first-order chi connectivity index (χ1) is 8.51. The van der Waals surface area contributed by atoms with Gasteiger partial charge in [-0.05, 0) is 44.1 Å². The molecule has 0 amide bonds. The molecule has 0 aliphatic carbocycles. The third-order valence-electron chi connectivity index (χ3n) is 3.30. The van der Waals surface area contributed by atoms with Gasteiger partial charge in [-0.2, -0.15) is 4.31 Å². The van der Waals surface area contributed by atoms with Crippen molar-refractivity contribution in [2.45, 2.75) is 23.8 Å². The van der Waals surface area contributed by atoms with Crippen molar-refractivity contribution in [1.29, 1.82) is 0 Å². The van der Waals surface area contributed by atoms with E-state index < -0.39 is 10.0 Å². The van der Waals surface area contributed by atoms with E-state index in [2.05, 4.69) is 21.2 Å². The molecule has 6 heteroatoms.